The second-order valence-corrected chi connectivity index (χ2v) is 5.30. The highest BCUT2D eigenvalue weighted by Crippen LogP contribution is 2.17. The molecule has 3 rings (SSSR count). The molecule has 0 radical (unpaired) electrons. The molecule has 1 aromatic carbocycles. The van der Waals surface area contributed by atoms with E-state index in [2.05, 4.69) is 36.0 Å². The lowest BCUT2D eigenvalue weighted by molar-refractivity contribution is 0.580. The van der Waals surface area contributed by atoms with E-state index in [0.717, 1.165) is 49.2 Å². The van der Waals surface area contributed by atoms with Crippen molar-refractivity contribution in [1.29, 1.82) is 0 Å². The third kappa shape index (κ3) is 3.70. The van der Waals surface area contributed by atoms with Crippen molar-refractivity contribution in [1.82, 2.24) is 20.7 Å². The largest absolute Gasteiger partial charge is 0.340 e. The molecule has 1 aromatic heterocycles. The molecule has 1 fully saturated rings. The number of piperazine rings is 1. The maximum atomic E-state index is 5.36. The highest BCUT2D eigenvalue weighted by Gasteiger charge is 2.13. The first-order valence-corrected chi connectivity index (χ1v) is 7.71. The van der Waals surface area contributed by atoms with E-state index in [4.69, 9.17) is 11.7 Å². The Bertz CT molecular complexity index is 692. The maximum Gasteiger partial charge on any atom is 0.227 e. The number of benzene rings is 1. The lowest BCUT2D eigenvalue weighted by Gasteiger charge is -2.27. The summed E-state index contributed by atoms with van der Waals surface area (Å²) in [6, 6.07) is 9.39. The van der Waals surface area contributed by atoms with Gasteiger partial charge in [0, 0.05) is 43.6 Å². The van der Waals surface area contributed by atoms with Crippen LogP contribution in [0.4, 0.5) is 17.5 Å². The average molecular weight is 327 g/mol. The van der Waals surface area contributed by atoms with Crippen LogP contribution < -0.4 is 32.6 Å². The predicted octanol–water partition coefficient (Wildman–Crippen LogP) is -0.287. The fourth-order valence-electron chi connectivity index (χ4n) is 2.49. The van der Waals surface area contributed by atoms with Crippen LogP contribution in [0.2, 0.25) is 0 Å². The van der Waals surface area contributed by atoms with Crippen LogP contribution >= 0.6 is 0 Å². The molecule has 24 heavy (non-hydrogen) atoms. The number of hydrogen-bond acceptors (Lipinski definition) is 8. The van der Waals surface area contributed by atoms with E-state index in [1.54, 1.807) is 6.20 Å². The molecule has 1 aliphatic rings. The van der Waals surface area contributed by atoms with E-state index >= 15 is 0 Å². The number of hydrazone groups is 1. The smallest absolute Gasteiger partial charge is 0.227 e. The van der Waals surface area contributed by atoms with Crippen molar-refractivity contribution in [3.8, 4) is 0 Å². The Labute approximate surface area is 140 Å². The summed E-state index contributed by atoms with van der Waals surface area (Å²) < 4.78 is 0. The molecule has 9 heteroatoms. The lowest BCUT2D eigenvalue weighted by Crippen LogP contribution is -2.44. The first-order valence-electron chi connectivity index (χ1n) is 7.71. The molecule has 2 aromatic rings. The number of rotatable bonds is 4. The summed E-state index contributed by atoms with van der Waals surface area (Å²) in [4.78, 5) is 11.1. The van der Waals surface area contributed by atoms with Gasteiger partial charge < -0.3 is 26.8 Å². The van der Waals surface area contributed by atoms with E-state index in [1.165, 1.54) is 0 Å². The Morgan fingerprint density at radius 2 is 1.92 bits per heavy atom. The quantitative estimate of drug-likeness (QED) is 0.224. The molecule has 126 valence electrons. The summed E-state index contributed by atoms with van der Waals surface area (Å²) in [5.41, 5.74) is 4.16. The van der Waals surface area contributed by atoms with Gasteiger partial charge in [-0.3, -0.25) is 0 Å². The summed E-state index contributed by atoms with van der Waals surface area (Å²) in [6.07, 6.45) is 1.76. The number of nitrogens with one attached hydrogen (secondary N) is 3. The first kappa shape index (κ1) is 16.0. The fraction of sp³-hybridized carbons (Fsp3) is 0.267. The normalized spacial score (nSPS) is 15.2. The monoisotopic (exact) mass is 327 g/mol. The van der Waals surface area contributed by atoms with Gasteiger partial charge in [-0.15, -0.1) is 0 Å². The summed E-state index contributed by atoms with van der Waals surface area (Å²) in [6.45, 7) is 3.71. The number of aromatic nitrogens is 2. The molecular weight excluding hydrogens is 306 g/mol. The van der Waals surface area contributed by atoms with E-state index in [1.807, 2.05) is 30.3 Å². The van der Waals surface area contributed by atoms with Crippen LogP contribution in [0, 0.1) is 0 Å². The fourth-order valence-corrected chi connectivity index (χ4v) is 2.49. The zero-order chi connectivity index (χ0) is 16.8. The second kappa shape index (κ2) is 7.57. The van der Waals surface area contributed by atoms with Crippen LogP contribution in [0.15, 0.2) is 41.6 Å². The molecule has 1 saturated heterocycles. The van der Waals surface area contributed by atoms with Gasteiger partial charge in [0.05, 0.1) is 0 Å². The average Bonchev–Trinajstić information content (AvgIpc) is 2.65. The predicted molar refractivity (Wildman–Crippen MR) is 94.9 cm³/mol. The Morgan fingerprint density at radius 3 is 2.58 bits per heavy atom. The van der Waals surface area contributed by atoms with Gasteiger partial charge >= 0.3 is 0 Å². The summed E-state index contributed by atoms with van der Waals surface area (Å²) in [5.74, 6) is 12.5. The van der Waals surface area contributed by atoms with E-state index in [-0.39, 0.29) is 0 Å². The number of anilines is 3. The van der Waals surface area contributed by atoms with Gasteiger partial charge in [0.1, 0.15) is 5.82 Å². The van der Waals surface area contributed by atoms with Crippen LogP contribution in [0.1, 0.15) is 5.56 Å². The van der Waals surface area contributed by atoms with Crippen molar-refractivity contribution < 1.29 is 0 Å². The van der Waals surface area contributed by atoms with Gasteiger partial charge in [0.2, 0.25) is 5.95 Å². The molecule has 2 heterocycles. The van der Waals surface area contributed by atoms with Gasteiger partial charge in [0.15, 0.2) is 5.84 Å². The van der Waals surface area contributed by atoms with Crippen molar-refractivity contribution >= 4 is 23.3 Å². The van der Waals surface area contributed by atoms with Crippen LogP contribution in [-0.4, -0.2) is 42.0 Å². The van der Waals surface area contributed by atoms with Crippen molar-refractivity contribution in [3.05, 3.63) is 42.1 Å². The second-order valence-electron chi connectivity index (χ2n) is 5.30. The van der Waals surface area contributed by atoms with Crippen molar-refractivity contribution in [2.24, 2.45) is 16.8 Å². The van der Waals surface area contributed by atoms with Crippen molar-refractivity contribution in [3.63, 3.8) is 0 Å². The number of hydrazine groups is 1. The SMILES string of the molecule is N/N=C(\NN)c1ccc(Nc2ccnc(N3CCNCC3)n2)cc1. The molecule has 0 spiro atoms. The zero-order valence-corrected chi connectivity index (χ0v) is 13.2. The van der Waals surface area contributed by atoms with Crippen LogP contribution in [0.25, 0.3) is 0 Å². The van der Waals surface area contributed by atoms with Gasteiger partial charge in [-0.2, -0.15) is 10.1 Å². The minimum Gasteiger partial charge on any atom is -0.340 e. The minimum atomic E-state index is 0.421. The molecule has 0 atom stereocenters. The van der Waals surface area contributed by atoms with Gasteiger partial charge in [-0.05, 0) is 30.3 Å². The highest BCUT2D eigenvalue weighted by molar-refractivity contribution is 5.98. The minimum absolute atomic E-state index is 0.421. The molecular formula is C15H21N9. The molecule has 0 amide bonds. The van der Waals surface area contributed by atoms with Crippen molar-refractivity contribution in [2.75, 3.05) is 36.4 Å². The maximum absolute atomic E-state index is 5.36. The lowest BCUT2D eigenvalue weighted by atomic mass is 10.2. The Kier molecular flexibility index (Phi) is 5.04. The highest BCUT2D eigenvalue weighted by atomic mass is 15.3. The zero-order valence-electron chi connectivity index (χ0n) is 13.2. The summed E-state index contributed by atoms with van der Waals surface area (Å²) in [5, 5.41) is 10.2. The first-order chi connectivity index (χ1) is 11.8. The Balaban J connectivity index is 1.71. The third-order valence-corrected chi connectivity index (χ3v) is 3.74. The molecule has 7 N–H and O–H groups in total. The molecule has 1 aliphatic heterocycles. The van der Waals surface area contributed by atoms with Gasteiger partial charge in [0.25, 0.3) is 0 Å². The Morgan fingerprint density at radius 1 is 1.17 bits per heavy atom. The number of nitrogens with zero attached hydrogens (tertiary/aromatic N) is 4. The van der Waals surface area contributed by atoms with Crippen LogP contribution in [-0.2, 0) is 0 Å². The number of nitrogens with two attached hydrogens (primary N) is 2. The summed E-state index contributed by atoms with van der Waals surface area (Å²) >= 11 is 0. The Hall–Kier alpha value is -2.91. The molecule has 0 saturated carbocycles. The molecule has 0 bridgehead atoms. The van der Waals surface area contributed by atoms with E-state index in [0.29, 0.717) is 5.84 Å². The number of amidine groups is 1. The van der Waals surface area contributed by atoms with Gasteiger partial charge in [-0.25, -0.2) is 10.8 Å². The molecule has 0 unspecified atom stereocenters. The standard InChI is InChI=1S/C15H21N9/c16-22-14(23-17)11-1-3-12(4-2-11)20-13-5-6-19-15(21-13)24-9-7-18-8-10-24/h1-6,18H,7-10,16-17H2,(H,22,23)(H,19,20,21). The number of hydrogen-bond donors (Lipinski definition) is 5. The van der Waals surface area contributed by atoms with E-state index < -0.39 is 0 Å². The summed E-state index contributed by atoms with van der Waals surface area (Å²) in [7, 11) is 0. The molecule has 0 aliphatic carbocycles. The third-order valence-electron chi connectivity index (χ3n) is 3.74. The van der Waals surface area contributed by atoms with Gasteiger partial charge in [-0.1, -0.05) is 0 Å². The van der Waals surface area contributed by atoms with Crippen molar-refractivity contribution in [2.45, 2.75) is 0 Å². The van der Waals surface area contributed by atoms with Crippen LogP contribution in [0.3, 0.4) is 0 Å². The molecule has 9 nitrogen and oxygen atoms in total. The topological polar surface area (TPSA) is 130 Å². The van der Waals surface area contributed by atoms with Crippen LogP contribution in [0.5, 0.6) is 0 Å². The van der Waals surface area contributed by atoms with E-state index in [9.17, 15) is 0 Å².